The molecule has 0 aromatic carbocycles. The van der Waals surface area contributed by atoms with Crippen LogP contribution in [0.5, 0.6) is 0 Å². The Balaban J connectivity index is 0. The standard InChI is InChI=1S/3ClH.7Gd.18H/h3*1H;;;;;;;;;;;;;;;;;;;;;;;;;/q;;;7*+3;18*-1/p-3. The molecule has 0 aromatic heterocycles. The predicted molar refractivity (Wildman–Crippen MR) is 20.0 cm³/mol. The first-order chi connectivity index (χ1) is 0. The van der Waals surface area contributed by atoms with E-state index in [0.29, 0.717) is 0 Å². The number of halogens is 3. The summed E-state index contributed by atoms with van der Waals surface area (Å²) in [7, 11) is 0. The molecule has 0 nitrogen and oxygen atoms in total. The number of hydrogen-bond acceptors (Lipinski definition) is 0. The zero-order chi connectivity index (χ0) is 0. The maximum absolute atomic E-state index is 0. The molecular weight excluding hydrogens is 1210 g/mol. The minimum absolute atomic E-state index is 0. The van der Waals surface area contributed by atoms with Crippen molar-refractivity contribution in [3.63, 3.8) is 0 Å². The van der Waals surface area contributed by atoms with Gasteiger partial charge in [-0.15, -0.1) is 0 Å². The van der Waals surface area contributed by atoms with Crippen molar-refractivity contribution in [2.24, 2.45) is 0 Å². The molecule has 0 aliphatic carbocycles. The Kier molecular flexibility index (Phi) is 439. The Labute approximate surface area is 332 Å². The molecule has 0 bridgehead atoms. The molecule has 0 rings (SSSR count). The minimum Gasteiger partial charge on any atom is -1.00 e. The van der Waals surface area contributed by atoms with Crippen molar-refractivity contribution in [1.82, 2.24) is 0 Å². The Morgan fingerprint density at radius 1 is 0.300 bits per heavy atom. The summed E-state index contributed by atoms with van der Waals surface area (Å²) in [6, 6.07) is 0. The van der Waals surface area contributed by atoms with Gasteiger partial charge in [-0.1, -0.05) is 0 Å². The summed E-state index contributed by atoms with van der Waals surface area (Å²) < 4.78 is 0. The van der Waals surface area contributed by atoms with Crippen LogP contribution in [-0.4, -0.2) is 0 Å². The molecule has 10 heavy (non-hydrogen) atoms. The maximum atomic E-state index is 0. The van der Waals surface area contributed by atoms with Crippen LogP contribution in [0, 0.1) is 280 Å². The van der Waals surface area contributed by atoms with E-state index < -0.39 is 0 Å². The molecule has 0 aliphatic heterocycles. The van der Waals surface area contributed by atoms with Crippen molar-refractivity contribution < 1.29 is 342 Å². The van der Waals surface area contributed by atoms with Gasteiger partial charge in [-0.25, -0.2) is 0 Å². The first-order valence-corrected chi connectivity index (χ1v) is 0. The van der Waals surface area contributed by atoms with Crippen LogP contribution < -0.4 is 37.2 Å². The molecule has 0 amide bonds. The van der Waals surface area contributed by atoms with Crippen molar-refractivity contribution in [2.75, 3.05) is 0 Å². The molecule has 10 heteroatoms. The average Bonchev–Trinajstić information content (AvgIpc) is 0. The van der Waals surface area contributed by atoms with Gasteiger partial charge in [0.2, 0.25) is 0 Å². The normalized spacial score (nSPS) is 0. The second-order valence-corrected chi connectivity index (χ2v) is 0. The molecule has 0 fully saturated rings. The molecule has 7 radical (unpaired) electrons. The number of rotatable bonds is 0. The molecule has 95 valence electrons. The first-order valence-electron chi connectivity index (χ1n) is 0. The molecule has 0 spiro atoms. The Bertz CT molecular complexity index is 35.1. The minimum atomic E-state index is 0. The van der Waals surface area contributed by atoms with E-state index in [-0.39, 0.29) is 342 Å². The summed E-state index contributed by atoms with van der Waals surface area (Å²) in [4.78, 5) is 0. The third-order valence-electron chi connectivity index (χ3n) is 0. The largest absolute Gasteiger partial charge is 3.00 e. The fraction of sp³-hybridized carbons (Fsp3) is 0. The zero-order valence-corrected chi connectivity index (χ0v) is 21.8. The van der Waals surface area contributed by atoms with E-state index in [2.05, 4.69) is 0 Å². The molecule has 0 unspecified atom stereocenters. The summed E-state index contributed by atoms with van der Waals surface area (Å²) in [6.45, 7) is 0. The van der Waals surface area contributed by atoms with Crippen LogP contribution in [-0.2, 0) is 0 Å². The van der Waals surface area contributed by atoms with Gasteiger partial charge in [0.25, 0.3) is 0 Å². The Morgan fingerprint density at radius 2 is 0.300 bits per heavy atom. The molecular formula is H18Cl3Gd7. The van der Waals surface area contributed by atoms with Gasteiger partial charge < -0.3 is 62.9 Å². The van der Waals surface area contributed by atoms with E-state index in [9.17, 15) is 0 Å². The topological polar surface area (TPSA) is 0 Å². The maximum Gasteiger partial charge on any atom is 3.00 e. The van der Waals surface area contributed by atoms with Gasteiger partial charge in [0.05, 0.1) is 0 Å². The molecule has 0 N–H and O–H groups in total. The van der Waals surface area contributed by atoms with Crippen molar-refractivity contribution in [1.29, 1.82) is 0 Å². The van der Waals surface area contributed by atoms with Crippen LogP contribution in [0.2, 0.25) is 0 Å². The van der Waals surface area contributed by atoms with Crippen molar-refractivity contribution in [3.8, 4) is 0 Å². The van der Waals surface area contributed by atoms with E-state index in [0.717, 1.165) is 0 Å². The summed E-state index contributed by atoms with van der Waals surface area (Å²) in [6.07, 6.45) is 0. The second kappa shape index (κ2) is 61.2. The molecule has 0 aromatic rings. The van der Waals surface area contributed by atoms with Crippen LogP contribution >= 0.6 is 0 Å². The third-order valence-corrected chi connectivity index (χ3v) is 0. The van der Waals surface area contributed by atoms with Crippen LogP contribution in [0.25, 0.3) is 0 Å². The molecule has 0 aliphatic rings. The smallest absolute Gasteiger partial charge is 1.00 e. The first kappa shape index (κ1) is 71.7. The fourth-order valence-corrected chi connectivity index (χ4v) is 0. The molecule has 0 heterocycles. The molecule has 0 atom stereocenters. The van der Waals surface area contributed by atoms with E-state index in [1.165, 1.54) is 0 Å². The number of hydrogen-bond donors (Lipinski definition) is 0. The van der Waals surface area contributed by atoms with Crippen molar-refractivity contribution in [3.05, 3.63) is 0 Å². The van der Waals surface area contributed by atoms with Crippen molar-refractivity contribution in [2.45, 2.75) is 0 Å². The van der Waals surface area contributed by atoms with Gasteiger partial charge >= 0.3 is 280 Å². The summed E-state index contributed by atoms with van der Waals surface area (Å²) in [5.74, 6) is 0. The van der Waals surface area contributed by atoms with Gasteiger partial charge in [-0.2, -0.15) is 0 Å². The van der Waals surface area contributed by atoms with Crippen LogP contribution in [0.3, 0.4) is 0 Å². The third kappa shape index (κ3) is 51.8. The predicted octanol–water partition coefficient (Wildman–Crippen LogP) is -6.96. The monoisotopic (exact) mass is 1230 g/mol. The van der Waals surface area contributed by atoms with Crippen LogP contribution in [0.15, 0.2) is 0 Å². The Hall–Kier alpha value is 10.1. The quantitative estimate of drug-likeness (QED) is 0.227. The van der Waals surface area contributed by atoms with Crippen LogP contribution in [0.1, 0.15) is 25.7 Å². The van der Waals surface area contributed by atoms with Gasteiger partial charge in [0.15, 0.2) is 0 Å². The SMILES string of the molecule is [Cl-].[Cl-].[Cl-].[Gd+3].[Gd+3].[Gd+3].[Gd+3].[Gd+3].[Gd+3].[Gd+3].[H-].[H-].[H-].[H-].[H-].[H-].[H-].[H-].[H-].[H-].[H-].[H-].[H-].[H-].[H-].[H-].[H-].[H-]. The van der Waals surface area contributed by atoms with Gasteiger partial charge in [0, 0.05) is 0 Å². The van der Waals surface area contributed by atoms with Crippen LogP contribution in [0.4, 0.5) is 0 Å². The second-order valence-electron chi connectivity index (χ2n) is 0. The summed E-state index contributed by atoms with van der Waals surface area (Å²) in [5.41, 5.74) is 0. The van der Waals surface area contributed by atoms with E-state index in [4.69, 9.17) is 0 Å². The fourth-order valence-electron chi connectivity index (χ4n) is 0. The van der Waals surface area contributed by atoms with E-state index in [1.807, 2.05) is 0 Å². The average molecular weight is 1230 g/mol. The van der Waals surface area contributed by atoms with Gasteiger partial charge in [0.1, 0.15) is 0 Å². The Morgan fingerprint density at radius 3 is 0.300 bits per heavy atom. The van der Waals surface area contributed by atoms with E-state index >= 15 is 0 Å². The van der Waals surface area contributed by atoms with E-state index in [1.54, 1.807) is 0 Å². The molecule has 0 saturated carbocycles. The summed E-state index contributed by atoms with van der Waals surface area (Å²) in [5, 5.41) is 0. The zero-order valence-electron chi connectivity index (χ0n) is 21.6. The molecule has 0 saturated heterocycles. The van der Waals surface area contributed by atoms with Crippen molar-refractivity contribution >= 4 is 0 Å². The summed E-state index contributed by atoms with van der Waals surface area (Å²) >= 11 is 0. The van der Waals surface area contributed by atoms with Gasteiger partial charge in [-0.3, -0.25) is 0 Å². The van der Waals surface area contributed by atoms with Gasteiger partial charge in [-0.05, 0) is 0 Å².